The fourth-order valence-corrected chi connectivity index (χ4v) is 3.31. The Balaban J connectivity index is 2.03. The first-order chi connectivity index (χ1) is 14.4. The van der Waals surface area contributed by atoms with Crippen molar-refractivity contribution in [2.24, 2.45) is 5.73 Å². The number of imidazole rings is 1. The summed E-state index contributed by atoms with van der Waals surface area (Å²) in [5, 5.41) is 0.475. The number of benzene rings is 2. The number of nitrogens with two attached hydrogens (primary N) is 1. The van der Waals surface area contributed by atoms with Crippen molar-refractivity contribution >= 4 is 28.7 Å². The molecule has 2 aromatic carbocycles. The molecule has 0 unspecified atom stereocenters. The van der Waals surface area contributed by atoms with Crippen LogP contribution < -0.4 is 20.9 Å². The summed E-state index contributed by atoms with van der Waals surface area (Å²) in [7, 11) is 3.00. The molecular weight excluding hydrogens is 410 g/mol. The summed E-state index contributed by atoms with van der Waals surface area (Å²) in [5.41, 5.74) is 6.23. The summed E-state index contributed by atoms with van der Waals surface area (Å²) in [6.07, 6.45) is 0. The van der Waals surface area contributed by atoms with E-state index in [1.165, 1.54) is 18.8 Å². The number of hydrogen-bond donors (Lipinski definition) is 2. The average molecular weight is 426 g/mol. The predicted octanol–water partition coefficient (Wildman–Crippen LogP) is 2.55. The van der Waals surface area contributed by atoms with Crippen molar-refractivity contribution in [1.29, 1.82) is 0 Å². The second kappa shape index (κ2) is 7.53. The summed E-state index contributed by atoms with van der Waals surface area (Å²) >= 11 is 6.07. The van der Waals surface area contributed by atoms with Crippen LogP contribution in [0.2, 0.25) is 5.02 Å². The van der Waals surface area contributed by atoms with E-state index in [4.69, 9.17) is 26.8 Å². The molecule has 10 heteroatoms. The van der Waals surface area contributed by atoms with Crippen molar-refractivity contribution in [3.05, 3.63) is 63.7 Å². The monoisotopic (exact) mass is 425 g/mol. The number of fused-ring (bicyclic) bond motifs is 1. The van der Waals surface area contributed by atoms with E-state index in [9.17, 15) is 9.59 Å². The van der Waals surface area contributed by atoms with Crippen LogP contribution in [0, 0.1) is 0 Å². The highest BCUT2D eigenvalue weighted by Gasteiger charge is 2.21. The van der Waals surface area contributed by atoms with Gasteiger partial charge in [0.15, 0.2) is 28.7 Å². The molecule has 1 amide bonds. The molecule has 0 aliphatic heterocycles. The van der Waals surface area contributed by atoms with E-state index in [0.717, 1.165) is 0 Å². The third kappa shape index (κ3) is 3.25. The maximum atomic E-state index is 12.8. The number of halogens is 1. The number of hydrogen-bond acceptors (Lipinski definition) is 6. The average Bonchev–Trinajstić information content (AvgIpc) is 3.07. The molecule has 4 rings (SSSR count). The fraction of sp³-hybridized carbons (Fsp3) is 0.100. The highest BCUT2D eigenvalue weighted by atomic mass is 35.5. The lowest BCUT2D eigenvalue weighted by atomic mass is 10.2. The Labute approximate surface area is 175 Å². The van der Waals surface area contributed by atoms with E-state index >= 15 is 0 Å². The van der Waals surface area contributed by atoms with Crippen LogP contribution in [0.25, 0.3) is 28.2 Å². The Bertz CT molecular complexity index is 1350. The van der Waals surface area contributed by atoms with Crippen LogP contribution >= 0.6 is 11.6 Å². The van der Waals surface area contributed by atoms with Gasteiger partial charge in [0.25, 0.3) is 5.91 Å². The molecule has 0 bridgehead atoms. The molecule has 2 heterocycles. The van der Waals surface area contributed by atoms with E-state index in [0.29, 0.717) is 27.8 Å². The van der Waals surface area contributed by atoms with Crippen LogP contribution in [0.1, 0.15) is 10.5 Å². The minimum Gasteiger partial charge on any atom is -0.493 e. The van der Waals surface area contributed by atoms with Crippen molar-refractivity contribution in [3.63, 3.8) is 0 Å². The molecule has 0 saturated heterocycles. The number of aromatic amines is 1. The van der Waals surface area contributed by atoms with Crippen LogP contribution in [0.15, 0.2) is 47.3 Å². The van der Waals surface area contributed by atoms with E-state index in [-0.39, 0.29) is 22.7 Å². The molecule has 0 aliphatic carbocycles. The maximum Gasteiger partial charge on any atom is 0.332 e. The SMILES string of the molecule is COc1ccc(-n2c(=O)[nH]c3c(C(N)=O)nc(-c4cccc(Cl)c4)nc32)cc1OC. The smallest absolute Gasteiger partial charge is 0.332 e. The molecule has 30 heavy (non-hydrogen) atoms. The van der Waals surface area contributed by atoms with Gasteiger partial charge in [-0.05, 0) is 24.3 Å². The van der Waals surface area contributed by atoms with Gasteiger partial charge in [0.05, 0.1) is 19.9 Å². The van der Waals surface area contributed by atoms with Crippen LogP contribution in [-0.2, 0) is 0 Å². The number of carbonyl (C=O) groups is 1. The van der Waals surface area contributed by atoms with Gasteiger partial charge in [-0.15, -0.1) is 0 Å². The molecule has 0 atom stereocenters. The highest BCUT2D eigenvalue weighted by molar-refractivity contribution is 6.30. The van der Waals surface area contributed by atoms with Crippen molar-refractivity contribution < 1.29 is 14.3 Å². The predicted molar refractivity (Wildman–Crippen MR) is 112 cm³/mol. The van der Waals surface area contributed by atoms with E-state index in [1.54, 1.807) is 42.5 Å². The molecule has 0 spiro atoms. The minimum absolute atomic E-state index is 0.105. The van der Waals surface area contributed by atoms with Gasteiger partial charge < -0.3 is 20.2 Å². The molecule has 0 fully saturated rings. The number of nitrogens with zero attached hydrogens (tertiary/aromatic N) is 3. The van der Waals surface area contributed by atoms with Crippen molar-refractivity contribution in [3.8, 4) is 28.6 Å². The summed E-state index contributed by atoms with van der Waals surface area (Å²) in [4.78, 5) is 36.2. The number of rotatable bonds is 5. The van der Waals surface area contributed by atoms with E-state index < -0.39 is 11.6 Å². The Hall–Kier alpha value is -3.85. The first-order valence-corrected chi connectivity index (χ1v) is 9.11. The number of carbonyl (C=O) groups excluding carboxylic acids is 1. The zero-order valence-electron chi connectivity index (χ0n) is 16.0. The molecule has 152 valence electrons. The third-order valence-electron chi connectivity index (χ3n) is 4.48. The van der Waals surface area contributed by atoms with Gasteiger partial charge in [-0.3, -0.25) is 4.79 Å². The highest BCUT2D eigenvalue weighted by Crippen LogP contribution is 2.30. The van der Waals surface area contributed by atoms with Crippen molar-refractivity contribution in [2.75, 3.05) is 14.2 Å². The van der Waals surface area contributed by atoms with Crippen LogP contribution in [0.4, 0.5) is 0 Å². The van der Waals surface area contributed by atoms with Gasteiger partial charge in [0.2, 0.25) is 0 Å². The standard InChI is InChI=1S/C20H16ClN5O4/c1-29-13-7-6-12(9-14(13)30-2)26-19-16(24-20(26)28)15(17(22)27)23-18(25-19)10-4-3-5-11(21)8-10/h3-9H,1-2H3,(H2,22,27)(H,24,28). The maximum absolute atomic E-state index is 12.8. The summed E-state index contributed by atoms with van der Waals surface area (Å²) < 4.78 is 11.9. The van der Waals surface area contributed by atoms with Crippen LogP contribution in [0.3, 0.4) is 0 Å². The third-order valence-corrected chi connectivity index (χ3v) is 4.71. The lowest BCUT2D eigenvalue weighted by Gasteiger charge is -2.10. The second-order valence-corrected chi connectivity index (χ2v) is 6.71. The number of primary amides is 1. The largest absolute Gasteiger partial charge is 0.493 e. The Morgan fingerprint density at radius 1 is 1.10 bits per heavy atom. The summed E-state index contributed by atoms with van der Waals surface area (Å²) in [6, 6.07) is 11.8. The number of ether oxygens (including phenoxy) is 2. The molecule has 0 aliphatic rings. The van der Waals surface area contributed by atoms with Gasteiger partial charge in [-0.2, -0.15) is 0 Å². The zero-order valence-corrected chi connectivity index (χ0v) is 16.7. The lowest BCUT2D eigenvalue weighted by Crippen LogP contribution is -2.15. The Kier molecular flexibility index (Phi) is 4.88. The number of aromatic nitrogens is 4. The number of methoxy groups -OCH3 is 2. The Morgan fingerprint density at radius 3 is 2.53 bits per heavy atom. The molecular formula is C20H16ClN5O4. The lowest BCUT2D eigenvalue weighted by molar-refractivity contribution is 0.0997. The summed E-state index contributed by atoms with van der Waals surface area (Å²) in [6.45, 7) is 0. The fourth-order valence-electron chi connectivity index (χ4n) is 3.12. The first-order valence-electron chi connectivity index (χ1n) is 8.74. The number of amides is 1. The van der Waals surface area contributed by atoms with Gasteiger partial charge in [0, 0.05) is 16.7 Å². The van der Waals surface area contributed by atoms with Crippen molar-refractivity contribution in [2.45, 2.75) is 0 Å². The topological polar surface area (TPSA) is 125 Å². The quantitative estimate of drug-likeness (QED) is 0.506. The van der Waals surface area contributed by atoms with Gasteiger partial charge in [-0.25, -0.2) is 19.3 Å². The van der Waals surface area contributed by atoms with Crippen molar-refractivity contribution in [1.82, 2.24) is 19.5 Å². The van der Waals surface area contributed by atoms with E-state index in [1.807, 2.05) is 0 Å². The first kappa shape index (κ1) is 19.5. The molecule has 3 N–H and O–H groups in total. The second-order valence-electron chi connectivity index (χ2n) is 6.27. The van der Waals surface area contributed by atoms with Gasteiger partial charge >= 0.3 is 5.69 Å². The molecule has 0 radical (unpaired) electrons. The normalized spacial score (nSPS) is 10.9. The zero-order chi connectivity index (χ0) is 21.4. The molecule has 4 aromatic rings. The molecule has 0 saturated carbocycles. The number of nitrogens with one attached hydrogen (secondary N) is 1. The summed E-state index contributed by atoms with van der Waals surface area (Å²) in [5.74, 6) is 0.329. The number of H-pyrrole nitrogens is 1. The Morgan fingerprint density at radius 2 is 1.87 bits per heavy atom. The van der Waals surface area contributed by atoms with Crippen LogP contribution in [-0.4, -0.2) is 39.6 Å². The van der Waals surface area contributed by atoms with Crippen LogP contribution in [0.5, 0.6) is 11.5 Å². The molecule has 9 nitrogen and oxygen atoms in total. The van der Waals surface area contributed by atoms with Gasteiger partial charge in [0.1, 0.15) is 5.52 Å². The minimum atomic E-state index is -0.800. The molecule has 2 aromatic heterocycles. The van der Waals surface area contributed by atoms with Gasteiger partial charge in [-0.1, -0.05) is 23.7 Å². The van der Waals surface area contributed by atoms with E-state index in [2.05, 4.69) is 15.0 Å².